The van der Waals surface area contributed by atoms with Crippen molar-refractivity contribution in [1.82, 2.24) is 14.5 Å². The first kappa shape index (κ1) is 14.3. The molecule has 0 amide bonds. The van der Waals surface area contributed by atoms with Gasteiger partial charge in [0.2, 0.25) is 0 Å². The van der Waals surface area contributed by atoms with Crippen molar-refractivity contribution in [2.45, 2.75) is 31.3 Å². The van der Waals surface area contributed by atoms with Gasteiger partial charge in [0, 0.05) is 23.7 Å². The lowest BCUT2D eigenvalue weighted by Gasteiger charge is -2.14. The van der Waals surface area contributed by atoms with Crippen LogP contribution in [0.15, 0.2) is 40.3 Å². The first-order chi connectivity index (χ1) is 11.1. The molecule has 6 heteroatoms. The molecule has 0 fully saturated rings. The third kappa shape index (κ3) is 2.05. The number of hydrogen-bond acceptors (Lipinski definition) is 5. The number of nitrogens with zero attached hydrogens (tertiary/aromatic N) is 3. The van der Waals surface area contributed by atoms with Crippen LogP contribution in [0.4, 0.5) is 0 Å². The minimum absolute atomic E-state index is 0.0354. The van der Waals surface area contributed by atoms with Crippen LogP contribution in [0.5, 0.6) is 5.75 Å². The van der Waals surface area contributed by atoms with E-state index in [0.717, 1.165) is 10.5 Å². The van der Waals surface area contributed by atoms with Gasteiger partial charge in [-0.15, -0.1) is 12.6 Å². The van der Waals surface area contributed by atoms with Crippen LogP contribution in [-0.4, -0.2) is 20.6 Å². The molecular formula is C17H15N3O2S. The molecule has 116 valence electrons. The number of fused-ring (bicyclic) bond motifs is 3. The SMILES string of the molecule is Cc1cccc(-n2c(=O)c3c(c4nccnc42)OC(C)C3)c1S. The van der Waals surface area contributed by atoms with Crippen LogP contribution >= 0.6 is 12.6 Å². The Hall–Kier alpha value is -2.34. The monoisotopic (exact) mass is 325 g/mol. The Morgan fingerprint density at radius 3 is 2.91 bits per heavy atom. The summed E-state index contributed by atoms with van der Waals surface area (Å²) in [5, 5.41) is 0. The number of pyridine rings is 1. The largest absolute Gasteiger partial charge is 0.487 e. The molecule has 5 nitrogen and oxygen atoms in total. The van der Waals surface area contributed by atoms with Gasteiger partial charge in [-0.25, -0.2) is 9.97 Å². The molecule has 3 aromatic rings. The summed E-state index contributed by atoms with van der Waals surface area (Å²) in [5.41, 5.74) is 3.36. The lowest BCUT2D eigenvalue weighted by molar-refractivity contribution is 0.257. The van der Waals surface area contributed by atoms with Gasteiger partial charge in [0.15, 0.2) is 11.4 Å². The Balaban J connectivity index is 2.17. The van der Waals surface area contributed by atoms with Crippen molar-refractivity contribution in [2.75, 3.05) is 0 Å². The summed E-state index contributed by atoms with van der Waals surface area (Å²) in [6.07, 6.45) is 3.74. The topological polar surface area (TPSA) is 57.0 Å². The predicted molar refractivity (Wildman–Crippen MR) is 90.9 cm³/mol. The van der Waals surface area contributed by atoms with E-state index in [9.17, 15) is 4.79 Å². The maximum Gasteiger partial charge on any atom is 0.264 e. The summed E-state index contributed by atoms with van der Waals surface area (Å²) >= 11 is 4.58. The molecule has 0 radical (unpaired) electrons. The molecule has 23 heavy (non-hydrogen) atoms. The summed E-state index contributed by atoms with van der Waals surface area (Å²) in [6.45, 7) is 3.91. The van der Waals surface area contributed by atoms with Crippen molar-refractivity contribution in [3.63, 3.8) is 0 Å². The Morgan fingerprint density at radius 2 is 2.09 bits per heavy atom. The summed E-state index contributed by atoms with van der Waals surface area (Å²) in [5.74, 6) is 0.565. The minimum atomic E-state index is -0.113. The van der Waals surface area contributed by atoms with Crippen LogP contribution in [-0.2, 0) is 6.42 Å². The first-order valence-electron chi connectivity index (χ1n) is 7.42. The molecule has 3 heterocycles. The van der Waals surface area contributed by atoms with Crippen LogP contribution in [0.2, 0.25) is 0 Å². The van der Waals surface area contributed by atoms with Gasteiger partial charge in [0.05, 0.1) is 11.3 Å². The number of ether oxygens (including phenoxy) is 1. The molecule has 0 aliphatic carbocycles. The van der Waals surface area contributed by atoms with Crippen molar-refractivity contribution < 1.29 is 4.74 Å². The van der Waals surface area contributed by atoms with Crippen molar-refractivity contribution in [2.24, 2.45) is 0 Å². The second-order valence-electron chi connectivity index (χ2n) is 5.75. The van der Waals surface area contributed by atoms with Crippen LogP contribution in [0.1, 0.15) is 18.1 Å². The molecule has 0 spiro atoms. The zero-order valence-corrected chi connectivity index (χ0v) is 13.7. The Morgan fingerprint density at radius 1 is 1.30 bits per heavy atom. The molecule has 0 N–H and O–H groups in total. The maximum atomic E-state index is 13.1. The van der Waals surface area contributed by atoms with Crippen molar-refractivity contribution in [1.29, 1.82) is 0 Å². The fourth-order valence-electron chi connectivity index (χ4n) is 3.01. The number of aromatic nitrogens is 3. The fourth-order valence-corrected chi connectivity index (χ4v) is 3.26. The van der Waals surface area contributed by atoms with E-state index in [1.807, 2.05) is 32.0 Å². The first-order valence-corrected chi connectivity index (χ1v) is 7.87. The molecule has 4 rings (SSSR count). The summed E-state index contributed by atoms with van der Waals surface area (Å²) in [6, 6.07) is 5.74. The van der Waals surface area contributed by atoms with Gasteiger partial charge in [-0.3, -0.25) is 9.36 Å². The van der Waals surface area contributed by atoms with E-state index in [-0.39, 0.29) is 11.7 Å². The number of aryl methyl sites for hydroxylation is 1. The van der Waals surface area contributed by atoms with E-state index >= 15 is 0 Å². The molecule has 1 aliphatic heterocycles. The Bertz CT molecular complexity index is 997. The lowest BCUT2D eigenvalue weighted by Crippen LogP contribution is -2.23. The second kappa shape index (κ2) is 5.09. The van der Waals surface area contributed by atoms with Crippen LogP contribution in [0.25, 0.3) is 16.9 Å². The molecule has 0 saturated heterocycles. The van der Waals surface area contributed by atoms with E-state index in [1.54, 1.807) is 17.0 Å². The van der Waals surface area contributed by atoms with Crippen LogP contribution in [0.3, 0.4) is 0 Å². The molecule has 1 atom stereocenters. The van der Waals surface area contributed by atoms with E-state index in [0.29, 0.717) is 34.6 Å². The highest BCUT2D eigenvalue weighted by molar-refractivity contribution is 7.80. The summed E-state index contributed by atoms with van der Waals surface area (Å²) in [4.78, 5) is 22.6. The minimum Gasteiger partial charge on any atom is -0.487 e. The third-order valence-electron chi connectivity index (χ3n) is 4.11. The van der Waals surface area contributed by atoms with Crippen LogP contribution in [0, 0.1) is 6.92 Å². The maximum absolute atomic E-state index is 13.1. The number of thiol groups is 1. The van der Waals surface area contributed by atoms with Gasteiger partial charge in [-0.05, 0) is 25.5 Å². The molecule has 2 aromatic heterocycles. The van der Waals surface area contributed by atoms with Crippen LogP contribution < -0.4 is 10.3 Å². The van der Waals surface area contributed by atoms with E-state index in [1.165, 1.54) is 0 Å². The smallest absolute Gasteiger partial charge is 0.264 e. The number of hydrogen-bond donors (Lipinski definition) is 1. The zero-order chi connectivity index (χ0) is 16.1. The van der Waals surface area contributed by atoms with E-state index in [2.05, 4.69) is 22.6 Å². The number of rotatable bonds is 1. The third-order valence-corrected chi connectivity index (χ3v) is 4.69. The molecule has 0 saturated carbocycles. The van der Waals surface area contributed by atoms with Gasteiger partial charge < -0.3 is 4.74 Å². The molecular weight excluding hydrogens is 310 g/mol. The molecule has 1 aliphatic rings. The Labute approximate surface area is 138 Å². The van der Waals surface area contributed by atoms with Gasteiger partial charge in [0.1, 0.15) is 11.6 Å². The zero-order valence-electron chi connectivity index (χ0n) is 12.8. The second-order valence-corrected chi connectivity index (χ2v) is 6.20. The quantitative estimate of drug-likeness (QED) is 0.699. The summed E-state index contributed by atoms with van der Waals surface area (Å²) < 4.78 is 7.41. The highest BCUT2D eigenvalue weighted by Crippen LogP contribution is 2.33. The highest BCUT2D eigenvalue weighted by Gasteiger charge is 2.29. The molecule has 1 unspecified atom stereocenters. The highest BCUT2D eigenvalue weighted by atomic mass is 32.1. The lowest BCUT2D eigenvalue weighted by atomic mass is 10.1. The number of benzene rings is 1. The summed E-state index contributed by atoms with van der Waals surface area (Å²) in [7, 11) is 0. The van der Waals surface area contributed by atoms with Gasteiger partial charge in [0.25, 0.3) is 5.56 Å². The van der Waals surface area contributed by atoms with Crippen molar-refractivity contribution in [3.05, 3.63) is 52.1 Å². The average molecular weight is 325 g/mol. The van der Waals surface area contributed by atoms with E-state index < -0.39 is 0 Å². The van der Waals surface area contributed by atoms with Crippen molar-refractivity contribution >= 4 is 23.8 Å². The normalized spacial score (nSPS) is 16.4. The van der Waals surface area contributed by atoms with E-state index in [4.69, 9.17) is 4.74 Å². The van der Waals surface area contributed by atoms with Gasteiger partial charge >= 0.3 is 0 Å². The Kier molecular flexibility index (Phi) is 3.16. The fraction of sp³-hybridized carbons (Fsp3) is 0.235. The standard InChI is InChI=1S/C17H15N3O2S/c1-9-4-3-5-12(15(9)23)20-16-13(18-6-7-19-16)14-11(17(20)21)8-10(2)22-14/h3-7,10,23H,8H2,1-2H3. The predicted octanol–water partition coefficient (Wildman–Crippen LogP) is 2.70. The van der Waals surface area contributed by atoms with Gasteiger partial charge in [-0.2, -0.15) is 0 Å². The van der Waals surface area contributed by atoms with Crippen molar-refractivity contribution in [3.8, 4) is 11.4 Å². The molecule has 1 aromatic carbocycles. The van der Waals surface area contributed by atoms with Gasteiger partial charge in [-0.1, -0.05) is 12.1 Å². The molecule has 0 bridgehead atoms. The average Bonchev–Trinajstić information content (AvgIpc) is 2.94.